The van der Waals surface area contributed by atoms with Crippen LogP contribution in [-0.2, 0) is 0 Å². The van der Waals surface area contributed by atoms with Crippen molar-refractivity contribution in [3.05, 3.63) is 76.5 Å². The predicted octanol–water partition coefficient (Wildman–Crippen LogP) is 4.65. The maximum Gasteiger partial charge on any atom is 0.276 e. The number of carbonyl (C=O) groups excluding carboxylic acids is 1. The molecule has 0 aliphatic carbocycles. The molecule has 0 fully saturated rings. The molecular formula is C22H16N4O5S. The van der Waals surface area contributed by atoms with Crippen LogP contribution in [0.4, 0.5) is 11.4 Å². The number of fused-ring (bicyclic) bond motifs is 2. The number of non-ortho nitro benzene ring substituents is 1. The van der Waals surface area contributed by atoms with E-state index in [0.717, 1.165) is 9.79 Å². The van der Waals surface area contributed by atoms with E-state index < -0.39 is 10.8 Å². The number of nitro groups is 1. The van der Waals surface area contributed by atoms with Gasteiger partial charge in [0.05, 0.1) is 16.1 Å². The lowest BCUT2D eigenvalue weighted by molar-refractivity contribution is -0.384. The van der Waals surface area contributed by atoms with E-state index in [1.54, 1.807) is 6.07 Å². The standard InChI is InChI=1S/C22H16N4O5S/c27-22(21-15-10-13(26(28)29)6-7-16(15)24-25-21)23-17-11-18-19(31-9-8-30-18)12-20(17)32-14-4-2-1-3-5-14/h1-7,10-12H,8-9H2,(H,23,27)(H,24,25). The van der Waals surface area contributed by atoms with Crippen LogP contribution in [0.3, 0.4) is 0 Å². The first kappa shape index (κ1) is 19.9. The van der Waals surface area contributed by atoms with Gasteiger partial charge in [0.1, 0.15) is 13.2 Å². The molecule has 4 aromatic rings. The number of aromatic nitrogens is 2. The number of rotatable bonds is 5. The van der Waals surface area contributed by atoms with E-state index in [0.29, 0.717) is 41.3 Å². The molecule has 9 nitrogen and oxygen atoms in total. The molecule has 10 heteroatoms. The highest BCUT2D eigenvalue weighted by atomic mass is 32.2. The summed E-state index contributed by atoms with van der Waals surface area (Å²) in [4.78, 5) is 25.5. The smallest absolute Gasteiger partial charge is 0.276 e. The Morgan fingerprint density at radius 3 is 2.56 bits per heavy atom. The number of aromatic amines is 1. The van der Waals surface area contributed by atoms with E-state index in [1.807, 2.05) is 36.4 Å². The first-order valence-electron chi connectivity index (χ1n) is 9.69. The van der Waals surface area contributed by atoms with Gasteiger partial charge in [-0.25, -0.2) is 0 Å². The molecule has 2 heterocycles. The van der Waals surface area contributed by atoms with E-state index in [2.05, 4.69) is 15.5 Å². The topological polar surface area (TPSA) is 119 Å². The molecule has 32 heavy (non-hydrogen) atoms. The Labute approximate surface area is 185 Å². The highest BCUT2D eigenvalue weighted by Gasteiger charge is 2.21. The number of nitrogens with zero attached hydrogens (tertiary/aromatic N) is 2. The summed E-state index contributed by atoms with van der Waals surface area (Å²) in [7, 11) is 0. The number of nitro benzene ring substituents is 1. The van der Waals surface area contributed by atoms with Crippen LogP contribution in [0.1, 0.15) is 10.5 Å². The van der Waals surface area contributed by atoms with Gasteiger partial charge in [-0.2, -0.15) is 5.10 Å². The summed E-state index contributed by atoms with van der Waals surface area (Å²) in [5.74, 6) is 0.642. The van der Waals surface area contributed by atoms with Crippen LogP contribution in [0.2, 0.25) is 0 Å². The molecule has 1 aliphatic rings. The largest absolute Gasteiger partial charge is 0.486 e. The molecule has 1 amide bonds. The first-order chi connectivity index (χ1) is 15.6. The molecule has 0 saturated heterocycles. The third-order valence-electron chi connectivity index (χ3n) is 4.84. The fourth-order valence-corrected chi connectivity index (χ4v) is 4.27. The summed E-state index contributed by atoms with van der Waals surface area (Å²) in [5, 5.41) is 21.2. The maximum absolute atomic E-state index is 13.1. The second kappa shape index (κ2) is 8.23. The van der Waals surface area contributed by atoms with Crippen molar-refractivity contribution >= 4 is 39.9 Å². The molecule has 3 aromatic carbocycles. The Bertz CT molecular complexity index is 1340. The fourth-order valence-electron chi connectivity index (χ4n) is 3.34. The Kier molecular flexibility index (Phi) is 5.12. The van der Waals surface area contributed by atoms with Gasteiger partial charge in [0.2, 0.25) is 0 Å². The SMILES string of the molecule is O=C(Nc1cc2c(cc1Sc1ccccc1)OCCO2)c1n[nH]c2ccc([N+](=O)[O-])cc12. The second-order valence-electron chi connectivity index (χ2n) is 6.92. The number of nitrogens with one attached hydrogen (secondary N) is 2. The van der Waals surface area contributed by atoms with E-state index >= 15 is 0 Å². The lowest BCUT2D eigenvalue weighted by atomic mass is 10.1. The number of ether oxygens (including phenoxy) is 2. The van der Waals surface area contributed by atoms with E-state index in [9.17, 15) is 14.9 Å². The summed E-state index contributed by atoms with van der Waals surface area (Å²) in [6.45, 7) is 0.866. The van der Waals surface area contributed by atoms with Crippen LogP contribution in [-0.4, -0.2) is 34.2 Å². The normalized spacial score (nSPS) is 12.5. The average Bonchev–Trinajstić information content (AvgIpc) is 3.23. The Hall–Kier alpha value is -4.05. The van der Waals surface area contributed by atoms with Crippen molar-refractivity contribution in [1.82, 2.24) is 10.2 Å². The third-order valence-corrected chi connectivity index (χ3v) is 5.90. The zero-order chi connectivity index (χ0) is 22.1. The first-order valence-corrected chi connectivity index (χ1v) is 10.5. The zero-order valence-electron chi connectivity index (χ0n) is 16.5. The zero-order valence-corrected chi connectivity index (χ0v) is 17.3. The molecule has 2 N–H and O–H groups in total. The minimum atomic E-state index is -0.510. The minimum Gasteiger partial charge on any atom is -0.486 e. The van der Waals surface area contributed by atoms with Gasteiger partial charge in [-0.3, -0.25) is 20.0 Å². The van der Waals surface area contributed by atoms with Crippen molar-refractivity contribution in [3.63, 3.8) is 0 Å². The molecule has 0 radical (unpaired) electrons. The number of H-pyrrole nitrogens is 1. The lowest BCUT2D eigenvalue weighted by Crippen LogP contribution is -2.17. The number of benzene rings is 3. The molecule has 0 unspecified atom stereocenters. The monoisotopic (exact) mass is 448 g/mol. The van der Waals surface area contributed by atoms with Crippen molar-refractivity contribution in [1.29, 1.82) is 0 Å². The Morgan fingerprint density at radius 2 is 1.81 bits per heavy atom. The Morgan fingerprint density at radius 1 is 1.06 bits per heavy atom. The summed E-state index contributed by atoms with van der Waals surface area (Å²) >= 11 is 1.47. The van der Waals surface area contributed by atoms with Crippen molar-refractivity contribution in [3.8, 4) is 11.5 Å². The molecule has 5 rings (SSSR count). The van der Waals surface area contributed by atoms with Gasteiger partial charge in [0.15, 0.2) is 17.2 Å². The second-order valence-corrected chi connectivity index (χ2v) is 8.04. The highest BCUT2D eigenvalue weighted by Crippen LogP contribution is 2.42. The van der Waals surface area contributed by atoms with E-state index in [-0.39, 0.29) is 11.4 Å². The van der Waals surface area contributed by atoms with E-state index in [4.69, 9.17) is 9.47 Å². The quantitative estimate of drug-likeness (QED) is 0.337. The summed E-state index contributed by atoms with van der Waals surface area (Å²) < 4.78 is 11.4. The van der Waals surface area contributed by atoms with Crippen LogP contribution in [0, 0.1) is 10.1 Å². The van der Waals surface area contributed by atoms with Gasteiger partial charge < -0.3 is 14.8 Å². The van der Waals surface area contributed by atoms with Gasteiger partial charge in [-0.15, -0.1) is 0 Å². The van der Waals surface area contributed by atoms with Crippen LogP contribution in [0.25, 0.3) is 10.9 Å². The lowest BCUT2D eigenvalue weighted by Gasteiger charge is -2.21. The van der Waals surface area contributed by atoms with Crippen LogP contribution in [0.5, 0.6) is 11.5 Å². The highest BCUT2D eigenvalue weighted by molar-refractivity contribution is 7.99. The number of amides is 1. The fraction of sp³-hybridized carbons (Fsp3) is 0.0909. The molecule has 1 aromatic heterocycles. The van der Waals surface area contributed by atoms with E-state index in [1.165, 1.54) is 30.0 Å². The predicted molar refractivity (Wildman–Crippen MR) is 119 cm³/mol. The number of anilines is 1. The van der Waals surface area contributed by atoms with Gasteiger partial charge in [-0.1, -0.05) is 30.0 Å². The molecule has 1 aliphatic heterocycles. The molecule has 0 spiro atoms. The van der Waals surface area contributed by atoms with Crippen molar-refractivity contribution in [2.75, 3.05) is 18.5 Å². The van der Waals surface area contributed by atoms with Gasteiger partial charge >= 0.3 is 0 Å². The van der Waals surface area contributed by atoms with Crippen LogP contribution >= 0.6 is 11.8 Å². The average molecular weight is 448 g/mol. The Balaban J connectivity index is 1.51. The number of hydrogen-bond donors (Lipinski definition) is 2. The van der Waals surface area contributed by atoms with Gasteiger partial charge in [-0.05, 0) is 18.2 Å². The van der Waals surface area contributed by atoms with Crippen molar-refractivity contribution < 1.29 is 19.2 Å². The molecule has 160 valence electrons. The van der Waals surface area contributed by atoms with Gasteiger partial charge in [0.25, 0.3) is 11.6 Å². The van der Waals surface area contributed by atoms with Crippen molar-refractivity contribution in [2.45, 2.75) is 9.79 Å². The van der Waals surface area contributed by atoms with Gasteiger partial charge in [0, 0.05) is 39.4 Å². The maximum atomic E-state index is 13.1. The molecule has 0 bridgehead atoms. The molecule has 0 atom stereocenters. The molecular weight excluding hydrogens is 432 g/mol. The van der Waals surface area contributed by atoms with Crippen molar-refractivity contribution in [2.24, 2.45) is 0 Å². The summed E-state index contributed by atoms with van der Waals surface area (Å²) in [6.07, 6.45) is 0. The summed E-state index contributed by atoms with van der Waals surface area (Å²) in [5.41, 5.74) is 0.998. The van der Waals surface area contributed by atoms with Crippen LogP contribution in [0.15, 0.2) is 70.5 Å². The number of carbonyl (C=O) groups is 1. The van der Waals surface area contributed by atoms with Crippen LogP contribution < -0.4 is 14.8 Å². The minimum absolute atomic E-state index is 0.0641. The third kappa shape index (κ3) is 3.83. The number of hydrogen-bond acceptors (Lipinski definition) is 7. The molecule has 0 saturated carbocycles. The summed E-state index contributed by atoms with van der Waals surface area (Å²) in [6, 6.07) is 17.5.